The van der Waals surface area contributed by atoms with Crippen LogP contribution in [-0.4, -0.2) is 23.5 Å². The maximum absolute atomic E-state index is 12.4. The number of carbonyl (C=O) groups excluding carboxylic acids is 1. The minimum absolute atomic E-state index is 0.290. The number of hydrogen-bond acceptors (Lipinski definition) is 3. The number of unbranched alkanes of at least 4 members (excludes halogenated alkanes) is 15. The van der Waals surface area contributed by atoms with Gasteiger partial charge < -0.3 is 9.84 Å². The highest BCUT2D eigenvalue weighted by molar-refractivity contribution is 6.08. The second kappa shape index (κ2) is 19.6. The molecule has 0 fully saturated rings. The molecule has 188 valence electrons. The van der Waals surface area contributed by atoms with Crippen LogP contribution in [0.1, 0.15) is 133 Å². The fraction of sp³-hybridized carbons (Fsp3) is 0.724. The van der Waals surface area contributed by atoms with Crippen molar-refractivity contribution in [3.05, 3.63) is 29.8 Å². The van der Waals surface area contributed by atoms with E-state index in [1.165, 1.54) is 89.9 Å². The van der Waals surface area contributed by atoms with E-state index in [4.69, 9.17) is 4.74 Å². The lowest BCUT2D eigenvalue weighted by molar-refractivity contribution is -0.140. The van der Waals surface area contributed by atoms with E-state index in [1.807, 2.05) is 6.07 Å². The van der Waals surface area contributed by atoms with Gasteiger partial charge in [-0.3, -0.25) is 9.59 Å². The van der Waals surface area contributed by atoms with Crippen LogP contribution in [0.2, 0.25) is 0 Å². The first-order valence-electron chi connectivity index (χ1n) is 13.6. The molecule has 0 saturated heterocycles. The Labute approximate surface area is 202 Å². The Balaban J connectivity index is 2.00. The molecule has 0 aromatic heterocycles. The minimum atomic E-state index is -1.07. The van der Waals surface area contributed by atoms with Gasteiger partial charge in [-0.25, -0.2) is 0 Å². The highest BCUT2D eigenvalue weighted by Gasteiger charge is 2.25. The molecule has 1 rings (SSSR count). The molecule has 1 atom stereocenters. The lowest BCUT2D eigenvalue weighted by Crippen LogP contribution is -2.23. The third-order valence-corrected chi connectivity index (χ3v) is 6.41. The maximum atomic E-state index is 12.4. The zero-order valence-corrected chi connectivity index (χ0v) is 21.3. The van der Waals surface area contributed by atoms with Crippen LogP contribution >= 0.6 is 0 Å². The zero-order chi connectivity index (χ0) is 24.2. The molecule has 0 radical (unpaired) electrons. The number of aliphatic carboxylic acids is 1. The molecule has 1 unspecified atom stereocenters. The SMILES string of the molecule is CCCCCCCCCCCCCCCCCCOc1cccc(C(=O)C(CC)C(=O)O)c1. The lowest BCUT2D eigenvalue weighted by Gasteiger charge is -2.11. The minimum Gasteiger partial charge on any atom is -0.494 e. The van der Waals surface area contributed by atoms with E-state index in [9.17, 15) is 14.7 Å². The molecular formula is C29H48O4. The van der Waals surface area contributed by atoms with E-state index in [2.05, 4.69) is 6.92 Å². The number of hydrogen-bond donors (Lipinski definition) is 1. The molecule has 1 aromatic carbocycles. The van der Waals surface area contributed by atoms with Crippen molar-refractivity contribution in [2.75, 3.05) is 6.61 Å². The molecule has 0 amide bonds. The first kappa shape index (κ1) is 29.2. The molecule has 4 nitrogen and oxygen atoms in total. The standard InChI is InChI=1S/C29H48O4/c1-3-5-6-7-8-9-10-11-12-13-14-15-16-17-18-19-23-33-26-22-20-21-25(24-26)28(30)27(4-2)29(31)32/h20-22,24,27H,3-19,23H2,1-2H3,(H,31,32). The number of benzene rings is 1. The van der Waals surface area contributed by atoms with Gasteiger partial charge in [0.25, 0.3) is 0 Å². The molecular weight excluding hydrogens is 412 g/mol. The van der Waals surface area contributed by atoms with Crippen molar-refractivity contribution in [2.24, 2.45) is 5.92 Å². The lowest BCUT2D eigenvalue weighted by atomic mass is 9.95. The van der Waals surface area contributed by atoms with E-state index < -0.39 is 11.9 Å². The van der Waals surface area contributed by atoms with E-state index in [0.717, 1.165) is 12.8 Å². The monoisotopic (exact) mass is 460 g/mol. The van der Waals surface area contributed by atoms with E-state index >= 15 is 0 Å². The normalized spacial score (nSPS) is 11.9. The van der Waals surface area contributed by atoms with Crippen molar-refractivity contribution in [1.29, 1.82) is 0 Å². The smallest absolute Gasteiger partial charge is 0.314 e. The van der Waals surface area contributed by atoms with Gasteiger partial charge >= 0.3 is 5.97 Å². The summed E-state index contributed by atoms with van der Waals surface area (Å²) in [5, 5.41) is 9.19. The van der Waals surface area contributed by atoms with Gasteiger partial charge in [-0.2, -0.15) is 0 Å². The molecule has 4 heteroatoms. The van der Waals surface area contributed by atoms with Crippen LogP contribution in [-0.2, 0) is 4.79 Å². The summed E-state index contributed by atoms with van der Waals surface area (Å²) in [5.74, 6) is -1.76. The Hall–Kier alpha value is -1.84. The van der Waals surface area contributed by atoms with Crippen LogP contribution in [0, 0.1) is 5.92 Å². The molecule has 0 saturated carbocycles. The third kappa shape index (κ3) is 14.1. The van der Waals surface area contributed by atoms with Crippen LogP contribution in [0.25, 0.3) is 0 Å². The van der Waals surface area contributed by atoms with Gasteiger partial charge in [0.05, 0.1) is 6.61 Å². The predicted octanol–water partition coefficient (Wildman–Crippen LogP) is 8.62. The van der Waals surface area contributed by atoms with E-state index in [-0.39, 0.29) is 5.78 Å². The van der Waals surface area contributed by atoms with Gasteiger partial charge in [0, 0.05) is 5.56 Å². The first-order valence-corrected chi connectivity index (χ1v) is 13.6. The third-order valence-electron chi connectivity index (χ3n) is 6.41. The number of rotatable bonds is 22. The Morgan fingerprint density at radius 3 is 1.70 bits per heavy atom. The average molecular weight is 461 g/mol. The zero-order valence-electron chi connectivity index (χ0n) is 21.3. The van der Waals surface area contributed by atoms with Crippen molar-refractivity contribution in [1.82, 2.24) is 0 Å². The highest BCUT2D eigenvalue weighted by Crippen LogP contribution is 2.19. The molecule has 1 N–H and O–H groups in total. The van der Waals surface area contributed by atoms with Gasteiger partial charge in [-0.1, -0.05) is 122 Å². The Kier molecular flexibility index (Phi) is 17.4. The van der Waals surface area contributed by atoms with Gasteiger partial charge in [0.2, 0.25) is 0 Å². The van der Waals surface area contributed by atoms with Gasteiger partial charge in [-0.05, 0) is 25.0 Å². The Bertz CT molecular complexity index is 640. The van der Waals surface area contributed by atoms with Gasteiger partial charge in [0.1, 0.15) is 11.7 Å². The van der Waals surface area contributed by atoms with E-state index in [0.29, 0.717) is 24.3 Å². The predicted molar refractivity (Wildman–Crippen MR) is 137 cm³/mol. The van der Waals surface area contributed by atoms with E-state index in [1.54, 1.807) is 25.1 Å². The van der Waals surface area contributed by atoms with Crippen molar-refractivity contribution >= 4 is 11.8 Å². The van der Waals surface area contributed by atoms with Crippen molar-refractivity contribution in [3.63, 3.8) is 0 Å². The number of Topliss-reactive ketones (excluding diaryl/α,β-unsaturated/α-hetero) is 1. The molecule has 0 heterocycles. The summed E-state index contributed by atoms with van der Waals surface area (Å²) in [6.45, 7) is 4.62. The summed E-state index contributed by atoms with van der Waals surface area (Å²) in [7, 11) is 0. The average Bonchev–Trinajstić information content (AvgIpc) is 2.81. The highest BCUT2D eigenvalue weighted by atomic mass is 16.5. The largest absolute Gasteiger partial charge is 0.494 e. The number of ketones is 1. The maximum Gasteiger partial charge on any atom is 0.314 e. The first-order chi connectivity index (χ1) is 16.1. The molecule has 0 aliphatic rings. The van der Waals surface area contributed by atoms with Crippen LogP contribution in [0.15, 0.2) is 24.3 Å². The number of carboxylic acids is 1. The summed E-state index contributed by atoms with van der Waals surface area (Å²) >= 11 is 0. The molecule has 0 aliphatic heterocycles. The van der Waals surface area contributed by atoms with Crippen LogP contribution < -0.4 is 4.74 Å². The second-order valence-corrected chi connectivity index (χ2v) is 9.34. The summed E-state index contributed by atoms with van der Waals surface area (Å²) < 4.78 is 5.79. The summed E-state index contributed by atoms with van der Waals surface area (Å²) in [5.41, 5.74) is 0.411. The number of carboxylic acid groups (broad SMARTS) is 1. The van der Waals surface area contributed by atoms with Gasteiger partial charge in [0.15, 0.2) is 5.78 Å². The number of carbonyl (C=O) groups is 2. The fourth-order valence-electron chi connectivity index (χ4n) is 4.25. The van der Waals surface area contributed by atoms with Crippen molar-refractivity contribution in [2.45, 2.75) is 123 Å². The van der Waals surface area contributed by atoms with Gasteiger partial charge in [-0.15, -0.1) is 0 Å². The van der Waals surface area contributed by atoms with Crippen LogP contribution in [0.5, 0.6) is 5.75 Å². The molecule has 1 aromatic rings. The van der Waals surface area contributed by atoms with Crippen molar-refractivity contribution in [3.8, 4) is 5.75 Å². The molecule has 0 bridgehead atoms. The van der Waals surface area contributed by atoms with Crippen molar-refractivity contribution < 1.29 is 19.4 Å². The fourth-order valence-corrected chi connectivity index (χ4v) is 4.25. The topological polar surface area (TPSA) is 63.6 Å². The summed E-state index contributed by atoms with van der Waals surface area (Å²) in [4.78, 5) is 23.6. The molecule has 0 aliphatic carbocycles. The second-order valence-electron chi connectivity index (χ2n) is 9.34. The van der Waals surface area contributed by atoms with Crippen LogP contribution in [0.4, 0.5) is 0 Å². The molecule has 33 heavy (non-hydrogen) atoms. The summed E-state index contributed by atoms with van der Waals surface area (Å²) in [6, 6.07) is 6.91. The quantitative estimate of drug-likeness (QED) is 0.107. The van der Waals surface area contributed by atoms with Crippen LogP contribution in [0.3, 0.4) is 0 Å². The Morgan fingerprint density at radius 2 is 1.24 bits per heavy atom. The molecule has 0 spiro atoms. The Morgan fingerprint density at radius 1 is 0.758 bits per heavy atom. The number of ether oxygens (including phenoxy) is 1. The summed E-state index contributed by atoms with van der Waals surface area (Å²) in [6.07, 6.45) is 21.8.